The molecule has 2 fully saturated rings. The highest BCUT2D eigenvalue weighted by Crippen LogP contribution is 2.33. The zero-order chi connectivity index (χ0) is 23.5. The SMILES string of the molecule is CC(C)OC(=O)N1CCC(N(C(=O)c2cnc(-c3ccc(C#N)c(F)c3)nc2)C2CC2)CC1. The molecule has 1 saturated carbocycles. The van der Waals surface area contributed by atoms with Crippen molar-refractivity contribution in [2.24, 2.45) is 0 Å². The minimum absolute atomic E-state index is 0.0420. The minimum atomic E-state index is -0.637. The van der Waals surface area contributed by atoms with E-state index in [0.717, 1.165) is 12.8 Å². The van der Waals surface area contributed by atoms with Crippen LogP contribution in [0.4, 0.5) is 9.18 Å². The van der Waals surface area contributed by atoms with Gasteiger partial charge in [-0.05, 0) is 57.7 Å². The van der Waals surface area contributed by atoms with Crippen molar-refractivity contribution in [1.82, 2.24) is 19.8 Å². The molecule has 33 heavy (non-hydrogen) atoms. The maximum atomic E-state index is 13.9. The van der Waals surface area contributed by atoms with Gasteiger partial charge >= 0.3 is 6.09 Å². The summed E-state index contributed by atoms with van der Waals surface area (Å²) in [7, 11) is 0. The van der Waals surface area contributed by atoms with Crippen molar-refractivity contribution in [3.63, 3.8) is 0 Å². The summed E-state index contributed by atoms with van der Waals surface area (Å²) in [6.45, 7) is 4.74. The molecule has 1 saturated heterocycles. The maximum Gasteiger partial charge on any atom is 0.410 e. The normalized spacial score (nSPS) is 16.4. The molecular weight excluding hydrogens is 425 g/mol. The van der Waals surface area contributed by atoms with Crippen LogP contribution in [0.3, 0.4) is 0 Å². The average Bonchev–Trinajstić information content (AvgIpc) is 3.64. The number of rotatable bonds is 5. The van der Waals surface area contributed by atoms with Crippen molar-refractivity contribution in [2.45, 2.75) is 57.7 Å². The van der Waals surface area contributed by atoms with E-state index in [1.165, 1.54) is 24.5 Å². The number of nitriles is 1. The lowest BCUT2D eigenvalue weighted by molar-refractivity contribution is 0.0450. The topological polar surface area (TPSA) is 99.4 Å². The van der Waals surface area contributed by atoms with E-state index in [4.69, 9.17) is 10.00 Å². The summed E-state index contributed by atoms with van der Waals surface area (Å²) in [6.07, 6.45) is 5.77. The third-order valence-corrected chi connectivity index (χ3v) is 5.87. The van der Waals surface area contributed by atoms with E-state index in [1.807, 2.05) is 18.7 Å². The molecule has 0 bridgehead atoms. The molecule has 172 valence electrons. The van der Waals surface area contributed by atoms with E-state index in [0.29, 0.717) is 37.1 Å². The van der Waals surface area contributed by atoms with Crippen LogP contribution in [0.5, 0.6) is 0 Å². The molecule has 8 nitrogen and oxygen atoms in total. The van der Waals surface area contributed by atoms with E-state index in [9.17, 15) is 14.0 Å². The molecule has 0 radical (unpaired) electrons. The predicted molar refractivity (Wildman–Crippen MR) is 118 cm³/mol. The number of aromatic nitrogens is 2. The molecule has 1 aliphatic carbocycles. The summed E-state index contributed by atoms with van der Waals surface area (Å²) in [5.74, 6) is -0.481. The molecule has 4 rings (SSSR count). The quantitative estimate of drug-likeness (QED) is 0.686. The van der Waals surface area contributed by atoms with Crippen LogP contribution in [0.25, 0.3) is 11.4 Å². The molecule has 1 aromatic carbocycles. The lowest BCUT2D eigenvalue weighted by Crippen LogP contribution is -2.50. The Morgan fingerprint density at radius 3 is 2.33 bits per heavy atom. The van der Waals surface area contributed by atoms with E-state index in [1.54, 1.807) is 17.0 Å². The highest BCUT2D eigenvalue weighted by Gasteiger charge is 2.39. The van der Waals surface area contributed by atoms with Crippen LogP contribution in [-0.4, -0.2) is 63.0 Å². The molecule has 0 unspecified atom stereocenters. The second-order valence-corrected chi connectivity index (χ2v) is 8.70. The predicted octanol–water partition coefficient (Wildman–Crippen LogP) is 3.77. The van der Waals surface area contributed by atoms with E-state index in [-0.39, 0.29) is 41.6 Å². The highest BCUT2D eigenvalue weighted by atomic mass is 19.1. The van der Waals surface area contributed by atoms with Crippen molar-refractivity contribution in [3.05, 3.63) is 47.5 Å². The number of halogens is 1. The van der Waals surface area contributed by atoms with Crippen molar-refractivity contribution >= 4 is 12.0 Å². The Labute approximate surface area is 192 Å². The van der Waals surface area contributed by atoms with E-state index in [2.05, 4.69) is 9.97 Å². The zero-order valence-corrected chi connectivity index (χ0v) is 18.7. The van der Waals surface area contributed by atoms with Gasteiger partial charge in [0.1, 0.15) is 11.9 Å². The van der Waals surface area contributed by atoms with Crippen molar-refractivity contribution in [3.8, 4) is 17.5 Å². The molecule has 0 N–H and O–H groups in total. The van der Waals surface area contributed by atoms with Crippen LogP contribution in [0.2, 0.25) is 0 Å². The van der Waals surface area contributed by atoms with Gasteiger partial charge in [0.25, 0.3) is 5.91 Å². The van der Waals surface area contributed by atoms with Crippen LogP contribution < -0.4 is 0 Å². The maximum absolute atomic E-state index is 13.9. The molecule has 1 aromatic heterocycles. The molecule has 0 atom stereocenters. The number of hydrogen-bond acceptors (Lipinski definition) is 6. The van der Waals surface area contributed by atoms with Gasteiger partial charge in [0.2, 0.25) is 0 Å². The van der Waals surface area contributed by atoms with E-state index >= 15 is 0 Å². The fourth-order valence-corrected chi connectivity index (χ4v) is 4.07. The number of carbonyl (C=O) groups excluding carboxylic acids is 2. The number of carbonyl (C=O) groups is 2. The van der Waals surface area contributed by atoms with Gasteiger partial charge in [-0.3, -0.25) is 4.79 Å². The van der Waals surface area contributed by atoms with E-state index < -0.39 is 5.82 Å². The largest absolute Gasteiger partial charge is 0.447 e. The van der Waals surface area contributed by atoms with Gasteiger partial charge in [0.05, 0.1) is 17.2 Å². The zero-order valence-electron chi connectivity index (χ0n) is 18.7. The Morgan fingerprint density at radius 1 is 1.15 bits per heavy atom. The minimum Gasteiger partial charge on any atom is -0.447 e. The Balaban J connectivity index is 1.44. The molecule has 1 aliphatic heterocycles. The van der Waals surface area contributed by atoms with Crippen LogP contribution in [0.1, 0.15) is 55.5 Å². The fourth-order valence-electron chi connectivity index (χ4n) is 4.07. The highest BCUT2D eigenvalue weighted by molar-refractivity contribution is 5.94. The lowest BCUT2D eigenvalue weighted by Gasteiger charge is -2.38. The second-order valence-electron chi connectivity index (χ2n) is 8.70. The molecule has 2 amide bonds. The van der Waals surface area contributed by atoms with Crippen molar-refractivity contribution in [2.75, 3.05) is 13.1 Å². The van der Waals surface area contributed by atoms with Gasteiger partial charge < -0.3 is 14.5 Å². The summed E-state index contributed by atoms with van der Waals surface area (Å²) in [6, 6.07) is 6.19. The van der Waals surface area contributed by atoms with Gasteiger partial charge in [0, 0.05) is 43.1 Å². The van der Waals surface area contributed by atoms with Crippen LogP contribution in [0, 0.1) is 17.1 Å². The summed E-state index contributed by atoms with van der Waals surface area (Å²) >= 11 is 0. The fraction of sp³-hybridized carbons (Fsp3) is 0.458. The third-order valence-electron chi connectivity index (χ3n) is 5.87. The molecule has 0 spiro atoms. The summed E-state index contributed by atoms with van der Waals surface area (Å²) in [5.41, 5.74) is 0.765. The second kappa shape index (κ2) is 9.53. The number of likely N-dealkylation sites (tertiary alicyclic amines) is 1. The van der Waals surface area contributed by atoms with Gasteiger partial charge in [-0.2, -0.15) is 5.26 Å². The molecule has 2 aliphatic rings. The van der Waals surface area contributed by atoms with Gasteiger partial charge in [0.15, 0.2) is 5.82 Å². The first kappa shape index (κ1) is 22.6. The number of amides is 2. The summed E-state index contributed by atoms with van der Waals surface area (Å²) < 4.78 is 19.2. The number of benzene rings is 1. The Hall–Kier alpha value is -3.54. The molecule has 2 heterocycles. The average molecular weight is 452 g/mol. The number of nitrogens with zero attached hydrogens (tertiary/aromatic N) is 5. The van der Waals surface area contributed by atoms with Crippen LogP contribution >= 0.6 is 0 Å². The Bertz CT molecular complexity index is 1070. The Morgan fingerprint density at radius 2 is 1.79 bits per heavy atom. The molecule has 9 heteroatoms. The number of hydrogen-bond donors (Lipinski definition) is 0. The first-order valence-corrected chi connectivity index (χ1v) is 11.2. The molecular formula is C24H26FN5O3. The van der Waals surface area contributed by atoms with Crippen LogP contribution in [0.15, 0.2) is 30.6 Å². The lowest BCUT2D eigenvalue weighted by atomic mass is 10.0. The number of ether oxygens (including phenoxy) is 1. The Kier molecular flexibility index (Phi) is 6.54. The van der Waals surface area contributed by atoms with Crippen LogP contribution in [-0.2, 0) is 4.74 Å². The van der Waals surface area contributed by atoms with Gasteiger partial charge in [-0.15, -0.1) is 0 Å². The number of piperidine rings is 1. The van der Waals surface area contributed by atoms with Crippen molar-refractivity contribution < 1.29 is 18.7 Å². The van der Waals surface area contributed by atoms with Crippen molar-refractivity contribution in [1.29, 1.82) is 5.26 Å². The smallest absolute Gasteiger partial charge is 0.410 e. The summed E-state index contributed by atoms with van der Waals surface area (Å²) in [5, 5.41) is 8.87. The molecule has 2 aromatic rings. The first-order chi connectivity index (χ1) is 15.9. The standard InChI is InChI=1S/C24H26FN5O3/c1-15(2)33-24(32)29-9-7-20(8-10-29)30(19-5-6-19)23(31)18-13-27-22(28-14-18)16-3-4-17(12-26)21(25)11-16/h3-4,11,13-15,19-20H,5-10H2,1-2H3. The monoisotopic (exact) mass is 451 g/mol. The van der Waals surface area contributed by atoms with Gasteiger partial charge in [-0.1, -0.05) is 0 Å². The summed E-state index contributed by atoms with van der Waals surface area (Å²) in [4.78, 5) is 37.6. The third kappa shape index (κ3) is 5.11. The first-order valence-electron chi connectivity index (χ1n) is 11.2. The van der Waals surface area contributed by atoms with Gasteiger partial charge in [-0.25, -0.2) is 19.2 Å².